The Hall–Kier alpha value is -4.64. The number of ether oxygens (including phenoxy) is 2. The summed E-state index contributed by atoms with van der Waals surface area (Å²) in [7, 11) is 1.44. The van der Waals surface area contributed by atoms with Crippen LogP contribution in [0.3, 0.4) is 0 Å². The third-order valence-corrected chi connectivity index (χ3v) is 8.26. The Kier molecular flexibility index (Phi) is 8.38. The largest absolute Gasteiger partial charge is 0.493 e. The third kappa shape index (κ3) is 5.92. The molecular weight excluding hydrogens is 671 g/mol. The van der Waals surface area contributed by atoms with E-state index in [2.05, 4.69) is 26.3 Å². The van der Waals surface area contributed by atoms with Crippen molar-refractivity contribution in [1.29, 1.82) is 0 Å². The number of rotatable bonds is 8. The average Bonchev–Trinajstić information content (AvgIpc) is 3.47. The van der Waals surface area contributed by atoms with E-state index in [1.54, 1.807) is 54.6 Å². The molecule has 0 spiro atoms. The van der Waals surface area contributed by atoms with Gasteiger partial charge in [-0.2, -0.15) is 9.78 Å². The molecule has 0 radical (unpaired) electrons. The van der Waals surface area contributed by atoms with Crippen LogP contribution in [0.4, 0.5) is 5.69 Å². The van der Waals surface area contributed by atoms with Gasteiger partial charge in [-0.25, -0.2) is 4.98 Å². The molecule has 6 rings (SSSR count). The van der Waals surface area contributed by atoms with Gasteiger partial charge in [0.25, 0.3) is 11.5 Å². The number of amides is 1. The minimum atomic E-state index is -0.409. The van der Waals surface area contributed by atoms with E-state index in [-0.39, 0.29) is 34.5 Å². The van der Waals surface area contributed by atoms with Crippen LogP contribution < -0.4 is 20.3 Å². The van der Waals surface area contributed by atoms with Crippen molar-refractivity contribution < 1.29 is 18.7 Å². The molecule has 220 valence electrons. The second-order valence-electron chi connectivity index (χ2n) is 9.43. The zero-order valence-corrected chi connectivity index (χ0v) is 26.0. The molecule has 0 saturated carbocycles. The van der Waals surface area contributed by atoms with Crippen LogP contribution >= 0.6 is 39.1 Å². The molecule has 2 aromatic heterocycles. The fraction of sp³-hybridized carbons (Fsp3) is 0.0625. The monoisotopic (exact) mass is 690 g/mol. The first-order valence-corrected chi connectivity index (χ1v) is 14.7. The third-order valence-electron chi connectivity index (χ3n) is 6.56. The topological polar surface area (TPSA) is 108 Å². The number of fused-ring (bicyclic) bond motifs is 2. The summed E-state index contributed by atoms with van der Waals surface area (Å²) >= 11 is 16.0. The van der Waals surface area contributed by atoms with Gasteiger partial charge in [0.1, 0.15) is 10.6 Å². The van der Waals surface area contributed by atoms with Crippen LogP contribution in [0.1, 0.15) is 5.56 Å². The second kappa shape index (κ2) is 12.5. The molecule has 1 amide bonds. The maximum atomic E-state index is 13.6. The lowest BCUT2D eigenvalue weighted by Gasteiger charge is -2.15. The maximum absolute atomic E-state index is 13.6. The highest BCUT2D eigenvalue weighted by atomic mass is 79.9. The Morgan fingerprint density at radius 3 is 2.59 bits per heavy atom. The van der Waals surface area contributed by atoms with Crippen molar-refractivity contribution in [2.24, 2.45) is 5.10 Å². The van der Waals surface area contributed by atoms with Crippen molar-refractivity contribution in [3.05, 3.63) is 115 Å². The highest BCUT2D eigenvalue weighted by molar-refractivity contribution is 9.10. The van der Waals surface area contributed by atoms with Crippen molar-refractivity contribution in [2.75, 3.05) is 19.0 Å². The van der Waals surface area contributed by atoms with Gasteiger partial charge in [-0.1, -0.05) is 53.5 Å². The lowest BCUT2D eigenvalue weighted by Crippen LogP contribution is -2.20. The molecule has 9 nitrogen and oxygen atoms in total. The van der Waals surface area contributed by atoms with Gasteiger partial charge in [-0.15, -0.1) is 0 Å². The second-order valence-corrected chi connectivity index (χ2v) is 11.0. The summed E-state index contributed by atoms with van der Waals surface area (Å²) < 4.78 is 18.9. The van der Waals surface area contributed by atoms with E-state index >= 15 is 0 Å². The molecule has 6 aromatic rings. The van der Waals surface area contributed by atoms with Gasteiger partial charge in [-0.3, -0.25) is 9.59 Å². The number of benzene rings is 4. The first-order chi connectivity index (χ1) is 21.3. The Balaban J connectivity index is 1.34. The Morgan fingerprint density at radius 1 is 1.07 bits per heavy atom. The van der Waals surface area contributed by atoms with Gasteiger partial charge in [0.05, 0.1) is 24.2 Å². The lowest BCUT2D eigenvalue weighted by atomic mass is 10.2. The highest BCUT2D eigenvalue weighted by Gasteiger charge is 2.20. The van der Waals surface area contributed by atoms with Crippen molar-refractivity contribution in [1.82, 2.24) is 9.66 Å². The van der Waals surface area contributed by atoms with Crippen molar-refractivity contribution in [2.45, 2.75) is 0 Å². The molecule has 0 bridgehead atoms. The van der Waals surface area contributed by atoms with E-state index < -0.39 is 5.91 Å². The Bertz CT molecular complexity index is 2090. The summed E-state index contributed by atoms with van der Waals surface area (Å²) in [4.78, 5) is 30.8. The van der Waals surface area contributed by atoms with Crippen LogP contribution in [0, 0.1) is 0 Å². The predicted octanol–water partition coefficient (Wildman–Crippen LogP) is 7.79. The molecule has 0 unspecified atom stereocenters. The molecule has 4 aromatic carbocycles. The van der Waals surface area contributed by atoms with Gasteiger partial charge in [-0.05, 0) is 70.5 Å². The molecule has 1 N–H and O–H groups in total. The molecule has 0 fully saturated rings. The van der Waals surface area contributed by atoms with E-state index in [4.69, 9.17) is 42.1 Å². The first kappa shape index (κ1) is 29.4. The zero-order valence-electron chi connectivity index (χ0n) is 22.9. The normalized spacial score (nSPS) is 11.4. The number of hydrogen-bond acceptors (Lipinski definition) is 7. The smallest absolute Gasteiger partial charge is 0.282 e. The number of hydrogen-bond donors (Lipinski definition) is 1. The van der Waals surface area contributed by atoms with Crippen LogP contribution in [0.15, 0.2) is 104 Å². The van der Waals surface area contributed by atoms with Crippen molar-refractivity contribution in [3.8, 4) is 23.1 Å². The number of halogens is 3. The quantitative estimate of drug-likeness (QED) is 0.163. The first-order valence-electron chi connectivity index (χ1n) is 13.1. The number of methoxy groups -OCH3 is 1. The lowest BCUT2D eigenvalue weighted by molar-refractivity contribution is -0.118. The predicted molar refractivity (Wildman–Crippen MR) is 175 cm³/mol. The summed E-state index contributed by atoms with van der Waals surface area (Å²) in [5.74, 6) is 0.592. The molecule has 0 saturated heterocycles. The molecule has 44 heavy (non-hydrogen) atoms. The maximum Gasteiger partial charge on any atom is 0.282 e. The molecule has 12 heteroatoms. The summed E-state index contributed by atoms with van der Waals surface area (Å²) in [6, 6.07) is 24.6. The zero-order chi connectivity index (χ0) is 30.8. The fourth-order valence-electron chi connectivity index (χ4n) is 4.46. The van der Waals surface area contributed by atoms with Crippen molar-refractivity contribution in [3.63, 3.8) is 0 Å². The van der Waals surface area contributed by atoms with Gasteiger partial charge in [0.15, 0.2) is 23.9 Å². The minimum absolute atomic E-state index is 0.145. The molecule has 2 heterocycles. The van der Waals surface area contributed by atoms with Crippen molar-refractivity contribution >= 4 is 78.8 Å². The highest BCUT2D eigenvalue weighted by Crippen LogP contribution is 2.42. The summed E-state index contributed by atoms with van der Waals surface area (Å²) in [6.45, 7) is -0.336. The van der Waals surface area contributed by atoms with Gasteiger partial charge in [0, 0.05) is 26.1 Å². The number of carbonyl (C=O) groups is 1. The van der Waals surface area contributed by atoms with E-state index in [0.29, 0.717) is 43.0 Å². The van der Waals surface area contributed by atoms with Gasteiger partial charge >= 0.3 is 0 Å². The fourth-order valence-corrected chi connectivity index (χ4v) is 5.23. The van der Waals surface area contributed by atoms with E-state index in [1.165, 1.54) is 18.0 Å². The standard InChI is InChI=1S/C32H21BrCl2N4O5/c1-42-25-15-19(28(33)29(35)30(25)43-17-27(40)37-21-12-10-20(34)11-13-21)16-36-39-31(26-14-18-6-2-5-9-24(18)44-26)38-23-8-4-3-7-22(23)32(39)41/h2-16H,17H2,1H3,(H,37,40). The molecule has 0 aliphatic rings. The Labute approximate surface area is 268 Å². The van der Waals surface area contributed by atoms with E-state index in [9.17, 15) is 9.59 Å². The number of anilines is 1. The van der Waals surface area contributed by atoms with E-state index in [1.807, 2.05) is 30.3 Å². The molecular formula is C32H21BrCl2N4O5. The van der Waals surface area contributed by atoms with Gasteiger partial charge in [0.2, 0.25) is 5.82 Å². The Morgan fingerprint density at radius 2 is 1.82 bits per heavy atom. The number of para-hydroxylation sites is 2. The SMILES string of the molecule is COc1cc(C=Nn2c(-c3cc4ccccc4o3)nc3ccccc3c2=O)c(Br)c(Cl)c1OCC(=O)Nc1ccc(Cl)cc1. The molecule has 0 aliphatic heterocycles. The van der Waals surface area contributed by atoms with Crippen LogP contribution in [0.5, 0.6) is 11.5 Å². The number of aromatic nitrogens is 2. The average molecular weight is 692 g/mol. The van der Waals surface area contributed by atoms with Crippen LogP contribution in [0.2, 0.25) is 10.0 Å². The number of furan rings is 1. The number of carbonyl (C=O) groups excluding carboxylic acids is 1. The van der Waals surface area contributed by atoms with Crippen LogP contribution in [0.25, 0.3) is 33.5 Å². The number of nitrogens with one attached hydrogen (secondary N) is 1. The van der Waals surface area contributed by atoms with Gasteiger partial charge < -0.3 is 19.2 Å². The van der Waals surface area contributed by atoms with Crippen LogP contribution in [-0.4, -0.2) is 35.5 Å². The molecule has 0 atom stereocenters. The van der Waals surface area contributed by atoms with E-state index in [0.717, 1.165) is 5.39 Å². The molecule has 0 aliphatic carbocycles. The minimum Gasteiger partial charge on any atom is -0.493 e. The number of nitrogens with zero attached hydrogens (tertiary/aromatic N) is 3. The summed E-state index contributed by atoms with van der Waals surface area (Å²) in [6.07, 6.45) is 1.44. The summed E-state index contributed by atoms with van der Waals surface area (Å²) in [5, 5.41) is 9.17. The summed E-state index contributed by atoms with van der Waals surface area (Å²) in [5.41, 5.74) is 1.81. The van der Waals surface area contributed by atoms with Crippen LogP contribution in [-0.2, 0) is 4.79 Å².